The molecule has 4 rings (SSSR count). The molecule has 2 heterocycles. The third-order valence-electron chi connectivity index (χ3n) is 5.37. The van der Waals surface area contributed by atoms with Gasteiger partial charge in [0.1, 0.15) is 0 Å². The van der Waals surface area contributed by atoms with E-state index in [1.165, 1.54) is 4.57 Å². The molecule has 0 fully saturated rings. The van der Waals surface area contributed by atoms with E-state index in [9.17, 15) is 9.59 Å². The maximum absolute atomic E-state index is 12.8. The number of hydrogen-bond donors (Lipinski definition) is 2. The van der Waals surface area contributed by atoms with Crippen molar-refractivity contribution in [3.05, 3.63) is 93.0 Å². The van der Waals surface area contributed by atoms with Crippen molar-refractivity contribution in [2.24, 2.45) is 0 Å². The van der Waals surface area contributed by atoms with Gasteiger partial charge in [-0.15, -0.1) is 0 Å². The number of nitrogens with one attached hydrogen (secondary N) is 2. The Kier molecular flexibility index (Phi) is 7.11. The van der Waals surface area contributed by atoms with E-state index in [1.54, 1.807) is 37.8 Å². The summed E-state index contributed by atoms with van der Waals surface area (Å²) >= 11 is 5.35. The van der Waals surface area contributed by atoms with Gasteiger partial charge >= 0.3 is 0 Å². The van der Waals surface area contributed by atoms with Gasteiger partial charge in [0, 0.05) is 51.3 Å². The van der Waals surface area contributed by atoms with Gasteiger partial charge in [-0.1, -0.05) is 24.3 Å². The normalized spacial score (nSPS) is 11.1. The van der Waals surface area contributed by atoms with Crippen LogP contribution in [0.25, 0.3) is 10.9 Å². The summed E-state index contributed by atoms with van der Waals surface area (Å²) in [6.45, 7) is 2.17. The molecule has 0 saturated heterocycles. The number of carbonyl (C=O) groups is 1. The molecular weight excluding hydrogens is 438 g/mol. The molecule has 2 aromatic heterocycles. The van der Waals surface area contributed by atoms with Gasteiger partial charge in [0.25, 0.3) is 11.5 Å². The van der Waals surface area contributed by atoms with Gasteiger partial charge in [0.05, 0.1) is 17.2 Å². The standard InChI is InChI=1S/C24H25N5O3S/c1-32-12-2-10-29-23(31)20-8-7-19(13-21(20)27-24(29)33)22(30)26-14-17-3-5-18(6-4-17)15-28-11-9-25-16-28/h3-9,11,13,16H,2,10,12,14-15H2,1H3,(H,26,30)(H,27,33). The molecular formula is C24H25N5O3S. The Morgan fingerprint density at radius 2 is 1.97 bits per heavy atom. The Balaban J connectivity index is 1.43. The van der Waals surface area contributed by atoms with E-state index >= 15 is 0 Å². The number of amides is 1. The van der Waals surface area contributed by atoms with Gasteiger partial charge in [0.15, 0.2) is 4.77 Å². The first-order valence-electron chi connectivity index (χ1n) is 10.6. The minimum Gasteiger partial charge on any atom is -0.385 e. The highest BCUT2D eigenvalue weighted by molar-refractivity contribution is 7.71. The molecule has 33 heavy (non-hydrogen) atoms. The van der Waals surface area contributed by atoms with Crippen molar-refractivity contribution >= 4 is 29.0 Å². The Hall–Kier alpha value is -3.56. The van der Waals surface area contributed by atoms with Crippen LogP contribution in [0, 0.1) is 4.77 Å². The molecule has 0 spiro atoms. The van der Waals surface area contributed by atoms with Crippen molar-refractivity contribution in [2.75, 3.05) is 13.7 Å². The largest absolute Gasteiger partial charge is 0.385 e. The number of aromatic amines is 1. The predicted molar refractivity (Wildman–Crippen MR) is 129 cm³/mol. The molecule has 0 aliphatic rings. The third kappa shape index (κ3) is 5.44. The topological polar surface area (TPSA) is 93.9 Å². The summed E-state index contributed by atoms with van der Waals surface area (Å²) in [6.07, 6.45) is 6.13. The highest BCUT2D eigenvalue weighted by Gasteiger charge is 2.10. The van der Waals surface area contributed by atoms with E-state index in [4.69, 9.17) is 17.0 Å². The van der Waals surface area contributed by atoms with E-state index in [0.29, 0.717) is 47.4 Å². The summed E-state index contributed by atoms with van der Waals surface area (Å²) in [7, 11) is 1.62. The summed E-state index contributed by atoms with van der Waals surface area (Å²) in [5, 5.41) is 3.42. The van der Waals surface area contributed by atoms with E-state index in [-0.39, 0.29) is 11.5 Å². The molecule has 0 radical (unpaired) electrons. The first-order chi connectivity index (χ1) is 16.0. The lowest BCUT2D eigenvalue weighted by atomic mass is 10.1. The molecule has 0 bridgehead atoms. The molecule has 0 saturated carbocycles. The number of nitrogens with zero attached hydrogens (tertiary/aromatic N) is 3. The Morgan fingerprint density at radius 3 is 2.70 bits per heavy atom. The second kappa shape index (κ2) is 10.4. The number of methoxy groups -OCH3 is 1. The summed E-state index contributed by atoms with van der Waals surface area (Å²) in [6, 6.07) is 13.0. The summed E-state index contributed by atoms with van der Waals surface area (Å²) in [4.78, 5) is 32.6. The minimum absolute atomic E-state index is 0.174. The molecule has 2 N–H and O–H groups in total. The maximum Gasteiger partial charge on any atom is 0.262 e. The monoisotopic (exact) mass is 463 g/mol. The van der Waals surface area contributed by atoms with Crippen molar-refractivity contribution in [1.82, 2.24) is 24.4 Å². The quantitative estimate of drug-likeness (QED) is 0.294. The summed E-state index contributed by atoms with van der Waals surface area (Å²) in [5.74, 6) is -0.219. The van der Waals surface area contributed by atoms with Gasteiger partial charge in [-0.3, -0.25) is 14.2 Å². The van der Waals surface area contributed by atoms with Gasteiger partial charge in [-0.25, -0.2) is 4.98 Å². The second-order valence-corrected chi connectivity index (χ2v) is 8.11. The van der Waals surface area contributed by atoms with Crippen LogP contribution < -0.4 is 10.9 Å². The zero-order valence-electron chi connectivity index (χ0n) is 18.3. The van der Waals surface area contributed by atoms with Crippen molar-refractivity contribution < 1.29 is 9.53 Å². The van der Waals surface area contributed by atoms with E-state index in [2.05, 4.69) is 15.3 Å². The fourth-order valence-corrected chi connectivity index (χ4v) is 3.89. The number of aromatic nitrogens is 4. The van der Waals surface area contributed by atoms with Crippen LogP contribution in [0.1, 0.15) is 27.9 Å². The number of H-pyrrole nitrogens is 1. The average Bonchev–Trinajstić information content (AvgIpc) is 3.33. The smallest absolute Gasteiger partial charge is 0.262 e. The molecule has 8 nitrogen and oxygen atoms in total. The fraction of sp³-hybridized carbons (Fsp3) is 0.250. The van der Waals surface area contributed by atoms with Crippen molar-refractivity contribution in [3.63, 3.8) is 0 Å². The molecule has 4 aromatic rings. The first kappa shape index (κ1) is 22.6. The second-order valence-electron chi connectivity index (χ2n) is 7.73. The number of benzene rings is 2. The number of fused-ring (bicyclic) bond motifs is 1. The number of imidazole rings is 1. The lowest BCUT2D eigenvalue weighted by Crippen LogP contribution is -2.24. The molecule has 0 atom stereocenters. The van der Waals surface area contributed by atoms with E-state index in [0.717, 1.165) is 17.7 Å². The van der Waals surface area contributed by atoms with Crippen LogP contribution in [0.2, 0.25) is 0 Å². The average molecular weight is 464 g/mol. The molecule has 0 aliphatic heterocycles. The zero-order chi connectivity index (χ0) is 23.2. The molecule has 0 unspecified atom stereocenters. The Morgan fingerprint density at radius 1 is 1.18 bits per heavy atom. The van der Waals surface area contributed by atoms with E-state index in [1.807, 2.05) is 35.0 Å². The number of carbonyl (C=O) groups excluding carboxylic acids is 1. The van der Waals surface area contributed by atoms with Gasteiger partial charge in [-0.05, 0) is 48.0 Å². The molecule has 0 aliphatic carbocycles. The maximum atomic E-state index is 12.8. The van der Waals surface area contributed by atoms with Crippen LogP contribution in [0.5, 0.6) is 0 Å². The van der Waals surface area contributed by atoms with Gasteiger partial charge < -0.3 is 19.6 Å². The fourth-order valence-electron chi connectivity index (χ4n) is 3.60. The minimum atomic E-state index is -0.219. The highest BCUT2D eigenvalue weighted by Crippen LogP contribution is 2.12. The van der Waals surface area contributed by atoms with Crippen LogP contribution in [0.15, 0.2) is 66.0 Å². The SMILES string of the molecule is COCCCn1c(=S)[nH]c2cc(C(=O)NCc3ccc(Cn4ccnc4)cc3)ccc2c1=O. The lowest BCUT2D eigenvalue weighted by molar-refractivity contribution is 0.0951. The van der Waals surface area contributed by atoms with Crippen LogP contribution in [-0.2, 0) is 24.4 Å². The van der Waals surface area contributed by atoms with Gasteiger partial charge in [-0.2, -0.15) is 0 Å². The van der Waals surface area contributed by atoms with Gasteiger partial charge in [0.2, 0.25) is 0 Å². The molecule has 1 amide bonds. The third-order valence-corrected chi connectivity index (χ3v) is 5.70. The number of hydrogen-bond acceptors (Lipinski definition) is 5. The number of ether oxygens (including phenoxy) is 1. The molecule has 9 heteroatoms. The Labute approximate surface area is 195 Å². The summed E-state index contributed by atoms with van der Waals surface area (Å²) < 4.78 is 8.89. The van der Waals surface area contributed by atoms with Crippen LogP contribution in [0.3, 0.4) is 0 Å². The van der Waals surface area contributed by atoms with Crippen LogP contribution in [0.4, 0.5) is 0 Å². The zero-order valence-corrected chi connectivity index (χ0v) is 19.1. The van der Waals surface area contributed by atoms with Crippen LogP contribution in [-0.4, -0.2) is 38.7 Å². The van der Waals surface area contributed by atoms with E-state index < -0.39 is 0 Å². The first-order valence-corrected chi connectivity index (χ1v) is 11.0. The highest BCUT2D eigenvalue weighted by atomic mass is 32.1. The van der Waals surface area contributed by atoms with Crippen LogP contribution >= 0.6 is 12.2 Å². The number of rotatable bonds is 9. The summed E-state index contributed by atoms with van der Waals surface area (Å²) in [5.41, 5.74) is 2.98. The molecule has 2 aromatic carbocycles. The molecule has 170 valence electrons. The van der Waals surface area contributed by atoms with Crippen molar-refractivity contribution in [2.45, 2.75) is 26.1 Å². The van der Waals surface area contributed by atoms with Crippen molar-refractivity contribution in [1.29, 1.82) is 0 Å². The van der Waals surface area contributed by atoms with Crippen molar-refractivity contribution in [3.8, 4) is 0 Å². The lowest BCUT2D eigenvalue weighted by Gasteiger charge is -2.10. The Bertz CT molecular complexity index is 1360. The predicted octanol–water partition coefficient (Wildman–Crippen LogP) is 3.27.